The quantitative estimate of drug-likeness (QED) is 0.0819. The van der Waals surface area contributed by atoms with E-state index in [1.54, 1.807) is 0 Å². The third-order valence-corrected chi connectivity index (χ3v) is 12.7. The van der Waals surface area contributed by atoms with Gasteiger partial charge in [-0.05, 0) is 129 Å². The molecule has 64 heavy (non-hydrogen) atoms. The zero-order valence-corrected chi connectivity index (χ0v) is 35.4. The van der Waals surface area contributed by atoms with Crippen LogP contribution in [0, 0.1) is 0 Å². The van der Waals surface area contributed by atoms with E-state index in [9.17, 15) is 0 Å². The first-order valence-corrected chi connectivity index (χ1v) is 22.1. The van der Waals surface area contributed by atoms with E-state index in [2.05, 4.69) is 248 Å². The number of nitrogens with one attached hydrogen (secondary N) is 1. The molecule has 0 bridgehead atoms. The van der Waals surface area contributed by atoms with Gasteiger partial charge in [-0.15, -0.1) is 0 Å². The molecule has 0 amide bonds. The lowest BCUT2D eigenvalue weighted by Gasteiger charge is -2.24. The maximum atomic E-state index is 7.13. The summed E-state index contributed by atoms with van der Waals surface area (Å²) in [5.74, 6) is 0. The number of nitrogens with two attached hydrogens (primary N) is 1. The van der Waals surface area contributed by atoms with Gasteiger partial charge in [-0.25, -0.2) is 0 Å². The molecular formula is C62H46N2. The van der Waals surface area contributed by atoms with Crippen molar-refractivity contribution in [2.75, 3.05) is 0 Å². The van der Waals surface area contributed by atoms with Crippen LogP contribution >= 0.6 is 0 Å². The molecule has 0 fully saturated rings. The lowest BCUT2D eigenvalue weighted by molar-refractivity contribution is 0.510. The molecule has 0 aliphatic rings. The Kier molecular flexibility index (Phi) is 10.4. The Labute approximate surface area is 374 Å². The van der Waals surface area contributed by atoms with Crippen molar-refractivity contribution in [2.24, 2.45) is 5.73 Å². The van der Waals surface area contributed by atoms with Crippen LogP contribution in [0.25, 0.3) is 93.7 Å². The first kappa shape index (κ1) is 39.0. The van der Waals surface area contributed by atoms with Crippen LogP contribution in [0.15, 0.2) is 243 Å². The Hall–Kier alpha value is -7.88. The Morgan fingerprint density at radius 3 is 1.72 bits per heavy atom. The summed E-state index contributed by atoms with van der Waals surface area (Å²) >= 11 is 0. The molecule has 0 spiro atoms. The van der Waals surface area contributed by atoms with E-state index >= 15 is 0 Å². The molecule has 11 aromatic carbocycles. The predicted molar refractivity (Wildman–Crippen MR) is 273 cm³/mol. The molecule has 0 aliphatic carbocycles. The fourth-order valence-electron chi connectivity index (χ4n) is 9.56. The van der Waals surface area contributed by atoms with E-state index in [4.69, 9.17) is 5.73 Å². The maximum absolute atomic E-state index is 7.13. The summed E-state index contributed by atoms with van der Waals surface area (Å²) in [6.45, 7) is 0. The van der Waals surface area contributed by atoms with Gasteiger partial charge in [-0.2, -0.15) is 0 Å². The minimum absolute atomic E-state index is 0.227. The average molecular weight is 819 g/mol. The van der Waals surface area contributed by atoms with Gasteiger partial charge >= 0.3 is 0 Å². The molecule has 0 radical (unpaired) electrons. The zero-order chi connectivity index (χ0) is 42.8. The van der Waals surface area contributed by atoms with Crippen molar-refractivity contribution in [1.82, 2.24) is 5.32 Å². The van der Waals surface area contributed by atoms with Crippen LogP contribution in [0.2, 0.25) is 0 Å². The third kappa shape index (κ3) is 7.56. The van der Waals surface area contributed by atoms with E-state index in [-0.39, 0.29) is 6.04 Å². The molecule has 2 nitrogen and oxygen atoms in total. The summed E-state index contributed by atoms with van der Waals surface area (Å²) in [5.41, 5.74) is 19.9. The smallest absolute Gasteiger partial charge is 0.0817 e. The fraction of sp³-hybridized carbons (Fsp3) is 0.0323. The number of hydrogen-bond donors (Lipinski definition) is 2. The molecule has 3 N–H and O–H groups in total. The van der Waals surface area contributed by atoms with Crippen molar-refractivity contribution in [3.8, 4) is 44.5 Å². The molecular weight excluding hydrogens is 773 g/mol. The van der Waals surface area contributed by atoms with Gasteiger partial charge in [-0.1, -0.05) is 224 Å². The van der Waals surface area contributed by atoms with Crippen LogP contribution in [0.1, 0.15) is 28.9 Å². The molecule has 0 saturated heterocycles. The van der Waals surface area contributed by atoms with Crippen molar-refractivity contribution in [3.63, 3.8) is 0 Å². The molecule has 11 aromatic rings. The Morgan fingerprint density at radius 1 is 0.359 bits per heavy atom. The topological polar surface area (TPSA) is 38.0 Å². The molecule has 2 unspecified atom stereocenters. The Morgan fingerprint density at radius 2 is 0.938 bits per heavy atom. The van der Waals surface area contributed by atoms with Gasteiger partial charge in [0.1, 0.15) is 0 Å². The van der Waals surface area contributed by atoms with Crippen LogP contribution in [0.4, 0.5) is 0 Å². The van der Waals surface area contributed by atoms with Gasteiger partial charge in [0, 0.05) is 0 Å². The highest BCUT2D eigenvalue weighted by Crippen LogP contribution is 2.42. The standard InChI is InChI=1S/C62H46N2/c63-62(48-33-31-44(32-34-48)43-16-3-1-4-17-43)64-60(57-28-14-13-25-53(57)45-18-5-2-6-19-45)37-30-42-38-50(55-29-15-23-46-20-7-10-24-52(46)55)40-51(39-42)61-56-27-12-9-22-49(56)41-59-54-26-11-8-21-47(54)35-36-58(59)61/h1-41,60,62,64H,63H2/b37-30+. The van der Waals surface area contributed by atoms with Crippen LogP contribution in [-0.4, -0.2) is 0 Å². The van der Waals surface area contributed by atoms with Crippen molar-refractivity contribution in [1.29, 1.82) is 0 Å². The Bertz CT molecular complexity index is 3470. The average Bonchev–Trinajstić information content (AvgIpc) is 3.37. The monoisotopic (exact) mass is 818 g/mol. The highest BCUT2D eigenvalue weighted by molar-refractivity contribution is 6.20. The summed E-state index contributed by atoms with van der Waals surface area (Å²) in [4.78, 5) is 0. The number of fused-ring (bicyclic) bond motifs is 5. The summed E-state index contributed by atoms with van der Waals surface area (Å²) in [7, 11) is 0. The van der Waals surface area contributed by atoms with E-state index in [1.165, 1.54) is 70.9 Å². The number of hydrogen-bond acceptors (Lipinski definition) is 2. The summed E-state index contributed by atoms with van der Waals surface area (Å²) in [6, 6.07) is 85.1. The number of benzene rings is 11. The first-order chi connectivity index (χ1) is 31.6. The van der Waals surface area contributed by atoms with Crippen molar-refractivity contribution in [3.05, 3.63) is 259 Å². The van der Waals surface area contributed by atoms with Gasteiger partial charge in [0.05, 0.1) is 12.2 Å². The second-order valence-electron chi connectivity index (χ2n) is 16.6. The summed E-state index contributed by atoms with van der Waals surface area (Å²) in [6.07, 6.45) is 4.14. The fourth-order valence-corrected chi connectivity index (χ4v) is 9.56. The van der Waals surface area contributed by atoms with Crippen LogP contribution in [0.3, 0.4) is 0 Å². The van der Waals surface area contributed by atoms with Crippen LogP contribution in [-0.2, 0) is 0 Å². The molecule has 2 heteroatoms. The van der Waals surface area contributed by atoms with Gasteiger partial charge in [-0.3, -0.25) is 5.32 Å². The van der Waals surface area contributed by atoms with E-state index in [0.29, 0.717) is 0 Å². The largest absolute Gasteiger partial charge is 0.312 e. The van der Waals surface area contributed by atoms with E-state index in [0.717, 1.165) is 33.4 Å². The summed E-state index contributed by atoms with van der Waals surface area (Å²) in [5, 5.41) is 13.8. The lowest BCUT2D eigenvalue weighted by atomic mass is 9.87. The second-order valence-corrected chi connectivity index (χ2v) is 16.6. The van der Waals surface area contributed by atoms with Crippen molar-refractivity contribution >= 4 is 49.2 Å². The first-order valence-electron chi connectivity index (χ1n) is 22.1. The molecule has 2 atom stereocenters. The zero-order valence-electron chi connectivity index (χ0n) is 35.4. The molecule has 0 aromatic heterocycles. The molecule has 0 heterocycles. The third-order valence-electron chi connectivity index (χ3n) is 12.7. The lowest BCUT2D eigenvalue weighted by Crippen LogP contribution is -2.31. The van der Waals surface area contributed by atoms with Crippen molar-refractivity contribution < 1.29 is 0 Å². The van der Waals surface area contributed by atoms with Crippen LogP contribution in [0.5, 0.6) is 0 Å². The second kappa shape index (κ2) is 17.1. The molecule has 0 aliphatic heterocycles. The highest BCUT2D eigenvalue weighted by atomic mass is 15.0. The minimum Gasteiger partial charge on any atom is -0.312 e. The van der Waals surface area contributed by atoms with Gasteiger partial charge in [0.2, 0.25) is 0 Å². The van der Waals surface area contributed by atoms with Gasteiger partial charge in [0.15, 0.2) is 0 Å². The SMILES string of the molecule is NC(NC(/C=C/c1cc(-c2cccc3ccccc23)cc(-c2c3ccccc3cc3c2ccc2ccccc23)c1)c1ccccc1-c1ccccc1)c1ccc(-c2ccccc2)cc1. The van der Waals surface area contributed by atoms with E-state index < -0.39 is 6.17 Å². The summed E-state index contributed by atoms with van der Waals surface area (Å²) < 4.78 is 0. The van der Waals surface area contributed by atoms with E-state index in [1.807, 2.05) is 6.07 Å². The Balaban J connectivity index is 1.08. The van der Waals surface area contributed by atoms with Gasteiger partial charge in [0.25, 0.3) is 0 Å². The molecule has 0 saturated carbocycles. The highest BCUT2D eigenvalue weighted by Gasteiger charge is 2.19. The van der Waals surface area contributed by atoms with Gasteiger partial charge < -0.3 is 5.73 Å². The predicted octanol–water partition coefficient (Wildman–Crippen LogP) is 16.0. The molecule has 11 rings (SSSR count). The normalized spacial score (nSPS) is 12.6. The van der Waals surface area contributed by atoms with Crippen molar-refractivity contribution in [2.45, 2.75) is 12.2 Å². The maximum Gasteiger partial charge on any atom is 0.0817 e. The minimum atomic E-state index is -0.433. The molecule has 304 valence electrons. The van der Waals surface area contributed by atoms with Crippen LogP contribution < -0.4 is 11.1 Å². The number of rotatable bonds is 10.